The largest absolute Gasteiger partial charge is 0.494 e. The second-order valence-corrected chi connectivity index (χ2v) is 9.29. The van der Waals surface area contributed by atoms with Crippen molar-refractivity contribution in [2.24, 2.45) is 5.92 Å². The number of benzene rings is 1. The van der Waals surface area contributed by atoms with Gasteiger partial charge >= 0.3 is 0 Å². The maximum absolute atomic E-state index is 14.8. The van der Waals surface area contributed by atoms with Gasteiger partial charge in [-0.25, -0.2) is 4.39 Å². The molecule has 0 bridgehead atoms. The third-order valence-electron chi connectivity index (χ3n) is 5.23. The van der Waals surface area contributed by atoms with Gasteiger partial charge in [0.25, 0.3) is 0 Å². The van der Waals surface area contributed by atoms with Crippen LogP contribution in [0.3, 0.4) is 0 Å². The van der Waals surface area contributed by atoms with Gasteiger partial charge in [0.2, 0.25) is 17.5 Å². The van der Waals surface area contributed by atoms with Crippen molar-refractivity contribution in [3.8, 4) is 23.1 Å². The number of aliphatic hydroxyl groups excluding tert-OH is 2. The Morgan fingerprint density at radius 1 is 1.19 bits per heavy atom. The Bertz CT molecular complexity index is 1210. The van der Waals surface area contributed by atoms with E-state index in [1.54, 1.807) is 13.8 Å². The van der Waals surface area contributed by atoms with Crippen LogP contribution in [0.15, 0.2) is 36.7 Å². The number of amides is 1. The van der Waals surface area contributed by atoms with E-state index in [1.807, 2.05) is 13.8 Å². The molecule has 202 valence electrons. The first-order valence-corrected chi connectivity index (χ1v) is 11.8. The molecule has 0 aliphatic rings. The molecule has 0 fully saturated rings. The monoisotopic (exact) mass is 522 g/mol. The number of aromatic hydroxyl groups is 1. The molecule has 2 heterocycles. The minimum Gasteiger partial charge on any atom is -0.494 e. The molecule has 1 aromatic carbocycles. The Kier molecular flexibility index (Phi) is 9.11. The summed E-state index contributed by atoms with van der Waals surface area (Å²) in [5, 5.41) is 35.9. The average molecular weight is 523 g/mol. The molecule has 0 aliphatic heterocycles. The lowest BCUT2D eigenvalue weighted by Gasteiger charge is -2.20. The first-order valence-electron chi connectivity index (χ1n) is 11.8. The van der Waals surface area contributed by atoms with E-state index in [0.29, 0.717) is 6.42 Å². The van der Waals surface area contributed by atoms with Crippen molar-refractivity contribution < 1.29 is 38.4 Å². The van der Waals surface area contributed by atoms with E-state index in [-0.39, 0.29) is 41.8 Å². The van der Waals surface area contributed by atoms with Crippen molar-refractivity contribution in [2.75, 3.05) is 11.9 Å². The van der Waals surface area contributed by atoms with Crippen LogP contribution < -0.4 is 14.8 Å². The van der Waals surface area contributed by atoms with Crippen LogP contribution in [0.25, 0.3) is 0 Å². The zero-order valence-corrected chi connectivity index (χ0v) is 21.1. The molecule has 3 rings (SSSR count). The van der Waals surface area contributed by atoms with Crippen molar-refractivity contribution in [3.63, 3.8) is 0 Å². The maximum Gasteiger partial charge on any atom is 0.248 e. The van der Waals surface area contributed by atoms with Gasteiger partial charge in [-0.15, -0.1) is 0 Å². The Morgan fingerprint density at radius 3 is 2.57 bits per heavy atom. The summed E-state index contributed by atoms with van der Waals surface area (Å²) in [4.78, 5) is 13.2. The number of nitrogens with one attached hydrogen (secondary N) is 1. The minimum absolute atomic E-state index is 0.0391. The van der Waals surface area contributed by atoms with Gasteiger partial charge in [-0.3, -0.25) is 9.48 Å². The Hall–Kier alpha value is -3.64. The summed E-state index contributed by atoms with van der Waals surface area (Å²) in [6.45, 7) is 6.80. The average Bonchev–Trinajstić information content (AvgIpc) is 3.41. The van der Waals surface area contributed by atoms with Gasteiger partial charge in [0, 0.05) is 18.3 Å². The molecule has 4 N–H and O–H groups in total. The molecular formula is C25H32F2N4O6. The highest BCUT2D eigenvalue weighted by atomic mass is 19.1. The molecule has 2 atom stereocenters. The lowest BCUT2D eigenvalue weighted by molar-refractivity contribution is -0.119. The van der Waals surface area contributed by atoms with Crippen LogP contribution in [0.2, 0.25) is 0 Å². The van der Waals surface area contributed by atoms with E-state index in [4.69, 9.17) is 14.6 Å². The third kappa shape index (κ3) is 7.20. The molecule has 3 aromatic rings. The molecule has 0 spiro atoms. The number of halogens is 2. The highest BCUT2D eigenvalue weighted by Crippen LogP contribution is 2.37. The minimum atomic E-state index is -1.03. The van der Waals surface area contributed by atoms with Crippen LogP contribution in [0.4, 0.5) is 14.6 Å². The fourth-order valence-corrected chi connectivity index (χ4v) is 3.63. The molecule has 2 aromatic heterocycles. The summed E-state index contributed by atoms with van der Waals surface area (Å²) < 4.78 is 42.6. The normalized spacial score (nSPS) is 13.1. The van der Waals surface area contributed by atoms with Crippen LogP contribution in [0.5, 0.6) is 23.1 Å². The number of nitrogens with zero attached hydrogens (tertiary/aromatic N) is 3. The fraction of sp³-hybridized carbons (Fsp3) is 0.440. The van der Waals surface area contributed by atoms with Crippen molar-refractivity contribution in [2.45, 2.75) is 58.9 Å². The molecule has 1 amide bonds. The number of rotatable bonds is 12. The lowest BCUT2D eigenvalue weighted by atomic mass is 10.0. The number of aliphatic hydroxyl groups is 2. The second-order valence-electron chi connectivity index (χ2n) is 9.29. The predicted octanol–water partition coefficient (Wildman–Crippen LogP) is 3.83. The molecule has 0 saturated carbocycles. The Labute approximate surface area is 213 Å². The van der Waals surface area contributed by atoms with Gasteiger partial charge in [-0.05, 0) is 38.3 Å². The van der Waals surface area contributed by atoms with Crippen molar-refractivity contribution in [1.82, 2.24) is 14.3 Å². The lowest BCUT2D eigenvalue weighted by Crippen LogP contribution is -2.27. The smallest absolute Gasteiger partial charge is 0.248 e. The standard InChI is InChI=1S/C25H32F2N4O6/c1-14(2)9-19(25(35)28-21-7-8-30(29-21)11-16(33)13-32)31-12-17(10-22(31)34)37-24-18(26)5-6-20(23(24)27)36-15(3)4/h5-8,10,12,14-16,19,32-34H,9,11,13H2,1-4H3,(H,28,29,35)/t16-,19+/m1/s1. The molecule has 37 heavy (non-hydrogen) atoms. The Balaban J connectivity index is 1.83. The van der Waals surface area contributed by atoms with Gasteiger partial charge in [-0.2, -0.15) is 9.49 Å². The zero-order chi connectivity index (χ0) is 27.3. The van der Waals surface area contributed by atoms with E-state index in [2.05, 4.69) is 10.4 Å². The first kappa shape index (κ1) is 27.9. The number of hydrogen-bond donors (Lipinski definition) is 4. The summed E-state index contributed by atoms with van der Waals surface area (Å²) in [5.41, 5.74) is 0. The highest BCUT2D eigenvalue weighted by molar-refractivity contribution is 5.93. The fourth-order valence-electron chi connectivity index (χ4n) is 3.63. The predicted molar refractivity (Wildman–Crippen MR) is 131 cm³/mol. The summed E-state index contributed by atoms with van der Waals surface area (Å²) in [7, 11) is 0. The summed E-state index contributed by atoms with van der Waals surface area (Å²) >= 11 is 0. The number of carbonyl (C=O) groups excluding carboxylic acids is 1. The van der Waals surface area contributed by atoms with E-state index in [0.717, 1.165) is 18.2 Å². The van der Waals surface area contributed by atoms with Crippen molar-refractivity contribution in [3.05, 3.63) is 48.3 Å². The summed E-state index contributed by atoms with van der Waals surface area (Å²) in [5.74, 6) is -3.54. The zero-order valence-electron chi connectivity index (χ0n) is 21.1. The van der Waals surface area contributed by atoms with Crippen LogP contribution in [-0.2, 0) is 11.3 Å². The number of hydrogen-bond acceptors (Lipinski definition) is 7. The topological polar surface area (TPSA) is 131 Å². The van der Waals surface area contributed by atoms with Gasteiger partial charge in [0.05, 0.1) is 31.6 Å². The Morgan fingerprint density at radius 2 is 1.92 bits per heavy atom. The number of aromatic nitrogens is 3. The molecule has 12 heteroatoms. The molecule has 0 saturated heterocycles. The van der Waals surface area contributed by atoms with E-state index >= 15 is 0 Å². The highest BCUT2D eigenvalue weighted by Gasteiger charge is 2.26. The third-order valence-corrected chi connectivity index (χ3v) is 5.23. The van der Waals surface area contributed by atoms with E-state index < -0.39 is 42.0 Å². The molecule has 0 unspecified atom stereocenters. The van der Waals surface area contributed by atoms with Gasteiger partial charge < -0.3 is 34.7 Å². The van der Waals surface area contributed by atoms with E-state index in [1.165, 1.54) is 27.7 Å². The molecule has 0 radical (unpaired) electrons. The number of carbonyl (C=O) groups is 1. The van der Waals surface area contributed by atoms with Crippen LogP contribution in [0, 0.1) is 17.6 Å². The quantitative estimate of drug-likeness (QED) is 0.284. The first-order chi connectivity index (χ1) is 17.5. The van der Waals surface area contributed by atoms with Crippen LogP contribution in [0.1, 0.15) is 40.2 Å². The van der Waals surface area contributed by atoms with Gasteiger partial charge in [0.1, 0.15) is 11.8 Å². The van der Waals surface area contributed by atoms with Crippen molar-refractivity contribution in [1.29, 1.82) is 0 Å². The van der Waals surface area contributed by atoms with Gasteiger partial charge in [0.15, 0.2) is 23.3 Å². The number of ether oxygens (including phenoxy) is 2. The summed E-state index contributed by atoms with van der Waals surface area (Å²) in [6, 6.07) is 3.95. The molecular weight excluding hydrogens is 490 g/mol. The van der Waals surface area contributed by atoms with Gasteiger partial charge in [-0.1, -0.05) is 13.8 Å². The van der Waals surface area contributed by atoms with Crippen LogP contribution in [-0.4, -0.2) is 54.4 Å². The van der Waals surface area contributed by atoms with Crippen molar-refractivity contribution >= 4 is 11.7 Å². The second kappa shape index (κ2) is 12.1. The SMILES string of the molecule is CC(C)C[C@@H](C(=O)Nc1ccn(C[C@@H](O)CO)n1)n1cc(Oc2c(F)ccc(OC(C)C)c2F)cc1O. The molecule has 10 nitrogen and oxygen atoms in total. The number of anilines is 1. The van der Waals surface area contributed by atoms with Crippen LogP contribution >= 0.6 is 0 Å². The summed E-state index contributed by atoms with van der Waals surface area (Å²) in [6.07, 6.45) is 1.79. The molecule has 0 aliphatic carbocycles. The maximum atomic E-state index is 14.8. The van der Waals surface area contributed by atoms with E-state index in [9.17, 15) is 23.8 Å².